The fourth-order valence-electron chi connectivity index (χ4n) is 5.14. The van der Waals surface area contributed by atoms with Gasteiger partial charge in [0.25, 0.3) is 0 Å². The van der Waals surface area contributed by atoms with Crippen molar-refractivity contribution >= 4 is 32.6 Å². The van der Waals surface area contributed by atoms with Gasteiger partial charge in [0.05, 0.1) is 17.1 Å². The Morgan fingerprint density at radius 1 is 1.21 bits per heavy atom. The van der Waals surface area contributed by atoms with Crippen LogP contribution in [-0.2, 0) is 21.1 Å². The maximum absolute atomic E-state index is 11.6. The van der Waals surface area contributed by atoms with Crippen LogP contribution < -0.4 is 11.5 Å². The third-order valence-electron chi connectivity index (χ3n) is 7.12. The molecule has 9 nitrogen and oxygen atoms in total. The summed E-state index contributed by atoms with van der Waals surface area (Å²) in [6, 6.07) is 8.26. The van der Waals surface area contributed by atoms with Crippen LogP contribution in [0, 0.1) is 11.8 Å². The van der Waals surface area contributed by atoms with Crippen LogP contribution in [0.5, 0.6) is 0 Å². The highest BCUT2D eigenvalue weighted by atomic mass is 32.2. The molecule has 1 saturated carbocycles. The minimum Gasteiger partial charge on any atom is -0.383 e. The first kappa shape index (κ1) is 22.8. The molecule has 0 unspecified atom stereocenters. The number of hydrogen-bond acceptors (Lipinski definition) is 7. The standard InChI is InChI=1S/C24H30N6O3S/c1-34(32,33)6-5-15-3-2-4-17(7-15)20-13-30(24-21(20)22(25)27-14-28-24)19-8-16(9-19)10-29-11-18(12-29)23(26)31/h2-4,7,13-14,16,18-19H,5-6,8-12H2,1H3,(H2,26,31)(H2,25,27,28). The molecular weight excluding hydrogens is 452 g/mol. The Labute approximate surface area is 199 Å². The van der Waals surface area contributed by atoms with Gasteiger partial charge in [-0.05, 0) is 36.3 Å². The molecule has 2 fully saturated rings. The van der Waals surface area contributed by atoms with Crippen LogP contribution in [0.2, 0.25) is 0 Å². The van der Waals surface area contributed by atoms with Gasteiger partial charge in [-0.2, -0.15) is 0 Å². The van der Waals surface area contributed by atoms with E-state index in [1.165, 1.54) is 12.6 Å². The van der Waals surface area contributed by atoms with Gasteiger partial charge in [-0.1, -0.05) is 24.3 Å². The number of aromatic nitrogens is 3. The Morgan fingerprint density at radius 3 is 2.68 bits per heavy atom. The molecule has 0 radical (unpaired) electrons. The van der Waals surface area contributed by atoms with E-state index in [-0.39, 0.29) is 17.6 Å². The molecule has 180 valence electrons. The molecule has 1 amide bonds. The molecule has 0 bridgehead atoms. The Bertz CT molecular complexity index is 1340. The predicted octanol–water partition coefficient (Wildman–Crippen LogP) is 1.64. The van der Waals surface area contributed by atoms with Crippen LogP contribution in [-0.4, -0.2) is 65.4 Å². The van der Waals surface area contributed by atoms with Crippen molar-refractivity contribution in [2.45, 2.75) is 25.3 Å². The molecule has 34 heavy (non-hydrogen) atoms. The van der Waals surface area contributed by atoms with Crippen LogP contribution in [0.4, 0.5) is 5.82 Å². The van der Waals surface area contributed by atoms with Crippen molar-refractivity contribution in [1.29, 1.82) is 0 Å². The molecule has 1 aromatic carbocycles. The minimum atomic E-state index is -3.03. The third kappa shape index (κ3) is 4.52. The highest BCUT2D eigenvalue weighted by Crippen LogP contribution is 2.43. The molecular formula is C24H30N6O3S. The monoisotopic (exact) mass is 482 g/mol. The van der Waals surface area contributed by atoms with Gasteiger partial charge in [0.15, 0.2) is 0 Å². The zero-order valence-corrected chi connectivity index (χ0v) is 20.0. The number of amides is 1. The highest BCUT2D eigenvalue weighted by molar-refractivity contribution is 7.90. The summed E-state index contributed by atoms with van der Waals surface area (Å²) in [6.07, 6.45) is 7.42. The summed E-state index contributed by atoms with van der Waals surface area (Å²) in [7, 11) is -3.03. The normalized spacial score (nSPS) is 21.3. The second kappa shape index (κ2) is 8.66. The maximum Gasteiger partial charge on any atom is 0.223 e. The number of rotatable bonds is 8. The van der Waals surface area contributed by atoms with Crippen molar-refractivity contribution in [3.05, 3.63) is 42.4 Å². The van der Waals surface area contributed by atoms with E-state index < -0.39 is 9.84 Å². The molecule has 0 spiro atoms. The number of carbonyl (C=O) groups excluding carboxylic acids is 1. The van der Waals surface area contributed by atoms with Crippen molar-refractivity contribution in [3.63, 3.8) is 0 Å². The molecule has 10 heteroatoms. The SMILES string of the molecule is CS(=O)(=O)CCc1cccc(-c2cn(C3CC(CN4CC(C(N)=O)C4)C3)c3ncnc(N)c23)c1. The second-order valence-corrected chi connectivity index (χ2v) is 12.1. The van der Waals surface area contributed by atoms with Crippen molar-refractivity contribution in [3.8, 4) is 11.1 Å². The fraction of sp³-hybridized carbons (Fsp3) is 0.458. The van der Waals surface area contributed by atoms with Crippen molar-refractivity contribution in [2.24, 2.45) is 17.6 Å². The van der Waals surface area contributed by atoms with Crippen LogP contribution >= 0.6 is 0 Å². The number of sulfone groups is 1. The largest absolute Gasteiger partial charge is 0.383 e. The quantitative estimate of drug-likeness (QED) is 0.498. The molecule has 5 rings (SSSR count). The van der Waals surface area contributed by atoms with E-state index in [0.29, 0.717) is 24.2 Å². The van der Waals surface area contributed by atoms with Gasteiger partial charge in [0.1, 0.15) is 27.6 Å². The van der Waals surface area contributed by atoms with Crippen molar-refractivity contribution < 1.29 is 13.2 Å². The zero-order valence-electron chi connectivity index (χ0n) is 19.2. The lowest BCUT2D eigenvalue weighted by Crippen LogP contribution is -2.54. The molecule has 2 aromatic heterocycles. The average Bonchev–Trinajstić information content (AvgIpc) is 3.10. The number of nitrogens with zero attached hydrogens (tertiary/aromatic N) is 4. The molecule has 2 aliphatic rings. The number of aryl methyl sites for hydroxylation is 1. The van der Waals surface area contributed by atoms with Crippen LogP contribution in [0.1, 0.15) is 24.4 Å². The summed E-state index contributed by atoms with van der Waals surface area (Å²) in [5.74, 6) is 0.934. The van der Waals surface area contributed by atoms with Gasteiger partial charge in [0, 0.05) is 43.7 Å². The number of carbonyl (C=O) groups is 1. The number of primary amides is 1. The lowest BCUT2D eigenvalue weighted by Gasteiger charge is -2.44. The Balaban J connectivity index is 1.36. The van der Waals surface area contributed by atoms with Crippen molar-refractivity contribution in [2.75, 3.05) is 37.4 Å². The topological polar surface area (TPSA) is 137 Å². The van der Waals surface area contributed by atoms with E-state index in [2.05, 4.69) is 25.6 Å². The maximum atomic E-state index is 11.6. The number of nitrogen functional groups attached to an aromatic ring is 1. The molecule has 0 atom stereocenters. The summed E-state index contributed by atoms with van der Waals surface area (Å²) in [4.78, 5) is 22.3. The van der Waals surface area contributed by atoms with E-state index in [1.54, 1.807) is 0 Å². The van der Waals surface area contributed by atoms with Gasteiger partial charge in [0.2, 0.25) is 5.91 Å². The molecule has 1 aliphatic heterocycles. The smallest absolute Gasteiger partial charge is 0.223 e. The van der Waals surface area contributed by atoms with Gasteiger partial charge in [-0.25, -0.2) is 18.4 Å². The minimum absolute atomic E-state index is 0.000281. The molecule has 3 heterocycles. The summed E-state index contributed by atoms with van der Waals surface area (Å²) in [6.45, 7) is 2.53. The summed E-state index contributed by atoms with van der Waals surface area (Å²) < 4.78 is 25.4. The highest BCUT2D eigenvalue weighted by Gasteiger charge is 2.37. The zero-order chi connectivity index (χ0) is 24.0. The number of hydrogen-bond donors (Lipinski definition) is 2. The Morgan fingerprint density at radius 2 is 1.97 bits per heavy atom. The van der Waals surface area contributed by atoms with E-state index in [0.717, 1.165) is 60.2 Å². The van der Waals surface area contributed by atoms with Gasteiger partial charge < -0.3 is 20.9 Å². The van der Waals surface area contributed by atoms with Gasteiger partial charge in [-0.15, -0.1) is 0 Å². The summed E-state index contributed by atoms with van der Waals surface area (Å²) in [5, 5.41) is 0.832. The van der Waals surface area contributed by atoms with E-state index in [9.17, 15) is 13.2 Å². The summed E-state index contributed by atoms with van der Waals surface area (Å²) >= 11 is 0. The van der Waals surface area contributed by atoms with Crippen LogP contribution in [0.25, 0.3) is 22.2 Å². The first-order valence-corrected chi connectivity index (χ1v) is 13.6. The van der Waals surface area contributed by atoms with Crippen LogP contribution in [0.15, 0.2) is 36.8 Å². The average molecular weight is 483 g/mol. The molecule has 1 saturated heterocycles. The van der Waals surface area contributed by atoms with Gasteiger partial charge in [-0.3, -0.25) is 4.79 Å². The number of nitrogens with two attached hydrogens (primary N) is 2. The third-order valence-corrected chi connectivity index (χ3v) is 8.06. The number of likely N-dealkylation sites (tertiary alicyclic amines) is 1. The lowest BCUT2D eigenvalue weighted by molar-refractivity contribution is -0.127. The van der Waals surface area contributed by atoms with Crippen LogP contribution in [0.3, 0.4) is 0 Å². The number of anilines is 1. The Kier molecular flexibility index (Phi) is 5.81. The van der Waals surface area contributed by atoms with Crippen molar-refractivity contribution in [1.82, 2.24) is 19.4 Å². The lowest BCUT2D eigenvalue weighted by atomic mass is 9.79. The number of benzene rings is 1. The molecule has 1 aliphatic carbocycles. The number of fused-ring (bicyclic) bond motifs is 1. The van der Waals surface area contributed by atoms with E-state index in [1.807, 2.05) is 24.3 Å². The first-order valence-electron chi connectivity index (χ1n) is 11.6. The van der Waals surface area contributed by atoms with E-state index in [4.69, 9.17) is 11.5 Å². The Hall–Kier alpha value is -2.98. The first-order chi connectivity index (χ1) is 16.2. The van der Waals surface area contributed by atoms with Gasteiger partial charge >= 0.3 is 0 Å². The molecule has 3 aromatic rings. The second-order valence-electron chi connectivity index (χ2n) is 9.80. The fourth-order valence-corrected chi connectivity index (χ4v) is 5.75. The predicted molar refractivity (Wildman–Crippen MR) is 132 cm³/mol. The van der Waals surface area contributed by atoms with E-state index >= 15 is 0 Å². The summed E-state index contributed by atoms with van der Waals surface area (Å²) in [5.41, 5.74) is 15.4. The molecule has 4 N–H and O–H groups in total.